The van der Waals surface area contributed by atoms with Crippen LogP contribution in [-0.2, 0) is 6.42 Å². The zero-order valence-electron chi connectivity index (χ0n) is 15.0. The molecular weight excluding hydrogens is 365 g/mol. The number of benzene rings is 1. The summed E-state index contributed by atoms with van der Waals surface area (Å²) in [7, 11) is 0. The first kappa shape index (κ1) is 17.5. The Morgan fingerprint density at radius 3 is 2.81 bits per heavy atom. The van der Waals surface area contributed by atoms with Gasteiger partial charge in [0.05, 0.1) is 5.69 Å². The summed E-state index contributed by atoms with van der Waals surface area (Å²) < 4.78 is 13.7. The van der Waals surface area contributed by atoms with Gasteiger partial charge in [-0.2, -0.15) is 5.10 Å². The van der Waals surface area contributed by atoms with Crippen molar-refractivity contribution >= 4 is 34.6 Å². The molecule has 0 radical (unpaired) electrons. The molecule has 0 bridgehead atoms. The lowest BCUT2D eigenvalue weighted by atomic mass is 10.2. The summed E-state index contributed by atoms with van der Waals surface area (Å²) in [6.07, 6.45) is 1.82. The van der Waals surface area contributed by atoms with Crippen molar-refractivity contribution in [3.63, 3.8) is 0 Å². The van der Waals surface area contributed by atoms with Crippen LogP contribution < -0.4 is 10.2 Å². The molecule has 1 aromatic carbocycles. The molecule has 0 aliphatic carbocycles. The lowest BCUT2D eigenvalue weighted by Gasteiger charge is -2.25. The van der Waals surface area contributed by atoms with Crippen LogP contribution >= 0.6 is 11.3 Å². The van der Waals surface area contributed by atoms with E-state index in [0.29, 0.717) is 16.3 Å². The molecule has 0 unspecified atom stereocenters. The molecular formula is C19H18FN5OS. The number of hydrogen-bond donors (Lipinski definition) is 1. The number of aryl methyl sites for hydroxylation is 3. The summed E-state index contributed by atoms with van der Waals surface area (Å²) in [6.45, 7) is 4.34. The van der Waals surface area contributed by atoms with E-state index in [1.165, 1.54) is 17.4 Å². The predicted molar refractivity (Wildman–Crippen MR) is 103 cm³/mol. The molecule has 3 aromatic rings. The highest BCUT2D eigenvalue weighted by Crippen LogP contribution is 2.35. The molecule has 0 atom stereocenters. The highest BCUT2D eigenvalue weighted by Gasteiger charge is 2.26. The van der Waals surface area contributed by atoms with Crippen molar-refractivity contribution in [2.45, 2.75) is 26.7 Å². The van der Waals surface area contributed by atoms with Gasteiger partial charge in [-0.25, -0.2) is 9.37 Å². The molecule has 0 saturated carbocycles. The van der Waals surface area contributed by atoms with E-state index in [-0.39, 0.29) is 11.7 Å². The fourth-order valence-corrected chi connectivity index (χ4v) is 3.94. The Bertz CT molecular complexity index is 1000. The van der Waals surface area contributed by atoms with Gasteiger partial charge in [-0.05, 0) is 56.5 Å². The third kappa shape index (κ3) is 3.52. The highest BCUT2D eigenvalue weighted by atomic mass is 32.1. The van der Waals surface area contributed by atoms with Gasteiger partial charge in [0.1, 0.15) is 11.6 Å². The van der Waals surface area contributed by atoms with E-state index in [2.05, 4.69) is 20.5 Å². The largest absolute Gasteiger partial charge is 0.320 e. The maximum atomic E-state index is 13.7. The van der Waals surface area contributed by atoms with Crippen LogP contribution in [0.1, 0.15) is 32.4 Å². The number of carbonyl (C=O) groups is 1. The topological polar surface area (TPSA) is 71.0 Å². The summed E-state index contributed by atoms with van der Waals surface area (Å²) in [4.78, 5) is 20.2. The standard InChI is InChI=1S/C19H18FN5OS/c1-11-5-7-13(10-14(11)20)21-18(26)19-22-17-15(27-19)4-3-9-25(17)16-8-6-12(2)23-24-16/h5-8,10H,3-4,9H2,1-2H3,(H,21,26). The lowest BCUT2D eigenvalue weighted by molar-refractivity contribution is 0.102. The Morgan fingerprint density at radius 2 is 2.07 bits per heavy atom. The van der Waals surface area contributed by atoms with Gasteiger partial charge in [0.25, 0.3) is 5.91 Å². The zero-order chi connectivity index (χ0) is 19.0. The number of rotatable bonds is 3. The summed E-state index contributed by atoms with van der Waals surface area (Å²) in [6, 6.07) is 8.44. The molecule has 0 saturated heterocycles. The van der Waals surface area contributed by atoms with Crippen molar-refractivity contribution in [1.29, 1.82) is 0 Å². The molecule has 1 aliphatic heterocycles. The number of nitrogens with one attached hydrogen (secondary N) is 1. The summed E-state index contributed by atoms with van der Waals surface area (Å²) in [5.74, 6) is 0.784. The van der Waals surface area contributed by atoms with E-state index in [0.717, 1.165) is 41.6 Å². The second-order valence-corrected chi connectivity index (χ2v) is 7.56. The fraction of sp³-hybridized carbons (Fsp3) is 0.263. The van der Waals surface area contributed by atoms with Crippen molar-refractivity contribution in [2.24, 2.45) is 0 Å². The molecule has 4 rings (SSSR count). The third-order valence-electron chi connectivity index (χ3n) is 4.40. The Kier molecular flexibility index (Phi) is 4.57. The number of aromatic nitrogens is 3. The van der Waals surface area contributed by atoms with Crippen LogP contribution in [0.15, 0.2) is 30.3 Å². The highest BCUT2D eigenvalue weighted by molar-refractivity contribution is 7.14. The quantitative estimate of drug-likeness (QED) is 0.739. The fourth-order valence-electron chi connectivity index (χ4n) is 2.93. The molecule has 1 aliphatic rings. The molecule has 6 nitrogen and oxygen atoms in total. The second kappa shape index (κ2) is 7.03. The van der Waals surface area contributed by atoms with E-state index >= 15 is 0 Å². The van der Waals surface area contributed by atoms with Crippen molar-refractivity contribution in [2.75, 3.05) is 16.8 Å². The first-order valence-corrected chi connectivity index (χ1v) is 9.48. The molecule has 3 heterocycles. The Labute approximate surface area is 160 Å². The number of anilines is 3. The van der Waals surface area contributed by atoms with Crippen molar-refractivity contribution in [3.8, 4) is 0 Å². The maximum Gasteiger partial charge on any atom is 0.284 e. The van der Waals surface area contributed by atoms with Crippen molar-refractivity contribution < 1.29 is 9.18 Å². The number of halogens is 1. The second-order valence-electron chi connectivity index (χ2n) is 6.47. The van der Waals surface area contributed by atoms with Crippen LogP contribution in [0.3, 0.4) is 0 Å². The summed E-state index contributed by atoms with van der Waals surface area (Å²) in [5.41, 5.74) is 1.80. The number of carbonyl (C=O) groups excluding carboxylic acids is 1. The molecule has 1 N–H and O–H groups in total. The summed E-state index contributed by atoms with van der Waals surface area (Å²) >= 11 is 1.36. The predicted octanol–water partition coefficient (Wildman–Crippen LogP) is 4.03. The lowest BCUT2D eigenvalue weighted by Crippen LogP contribution is -2.25. The van der Waals surface area contributed by atoms with Gasteiger partial charge in [-0.3, -0.25) is 4.79 Å². The molecule has 2 aromatic heterocycles. The number of nitrogens with zero attached hydrogens (tertiary/aromatic N) is 4. The van der Waals surface area contributed by atoms with Crippen LogP contribution in [0.5, 0.6) is 0 Å². The molecule has 27 heavy (non-hydrogen) atoms. The monoisotopic (exact) mass is 383 g/mol. The number of amides is 1. The Hall–Kier alpha value is -2.87. The van der Waals surface area contributed by atoms with Crippen LogP contribution in [0.4, 0.5) is 21.7 Å². The first-order valence-electron chi connectivity index (χ1n) is 8.66. The van der Waals surface area contributed by atoms with Crippen molar-refractivity contribution in [1.82, 2.24) is 15.2 Å². The minimum Gasteiger partial charge on any atom is -0.320 e. The maximum absolute atomic E-state index is 13.7. The molecule has 1 amide bonds. The Balaban J connectivity index is 1.59. The molecule has 0 spiro atoms. The van der Waals surface area contributed by atoms with Crippen LogP contribution in [0, 0.1) is 19.7 Å². The van der Waals surface area contributed by atoms with Gasteiger partial charge in [-0.1, -0.05) is 6.07 Å². The third-order valence-corrected chi connectivity index (χ3v) is 5.51. The minimum absolute atomic E-state index is 0.340. The number of thiazole rings is 1. The average Bonchev–Trinajstić information content (AvgIpc) is 3.10. The minimum atomic E-state index is -0.352. The Morgan fingerprint density at radius 1 is 1.22 bits per heavy atom. The van der Waals surface area contributed by atoms with Gasteiger partial charge < -0.3 is 10.2 Å². The van der Waals surface area contributed by atoms with Gasteiger partial charge >= 0.3 is 0 Å². The number of fused-ring (bicyclic) bond motifs is 1. The van der Waals surface area contributed by atoms with Gasteiger partial charge in [-0.15, -0.1) is 16.4 Å². The SMILES string of the molecule is Cc1ccc(N2CCCc3sc(C(=O)Nc4ccc(C)c(F)c4)nc32)nn1. The first-order chi connectivity index (χ1) is 13.0. The van der Waals surface area contributed by atoms with E-state index in [1.807, 2.05) is 24.0 Å². The zero-order valence-corrected chi connectivity index (χ0v) is 15.8. The van der Waals surface area contributed by atoms with Gasteiger partial charge in [0, 0.05) is 17.1 Å². The van der Waals surface area contributed by atoms with Crippen LogP contribution in [-0.4, -0.2) is 27.6 Å². The smallest absolute Gasteiger partial charge is 0.284 e. The van der Waals surface area contributed by atoms with E-state index < -0.39 is 0 Å². The van der Waals surface area contributed by atoms with Gasteiger partial charge in [0.2, 0.25) is 0 Å². The number of hydrogen-bond acceptors (Lipinski definition) is 6. The van der Waals surface area contributed by atoms with Crippen molar-refractivity contribution in [3.05, 3.63) is 57.3 Å². The van der Waals surface area contributed by atoms with Gasteiger partial charge in [0.15, 0.2) is 10.8 Å². The molecule has 0 fully saturated rings. The summed E-state index contributed by atoms with van der Waals surface area (Å²) in [5, 5.41) is 11.4. The van der Waals surface area contributed by atoms with E-state index in [4.69, 9.17) is 0 Å². The average molecular weight is 383 g/mol. The van der Waals surface area contributed by atoms with Crippen LogP contribution in [0.2, 0.25) is 0 Å². The molecule has 138 valence electrons. The van der Waals surface area contributed by atoms with E-state index in [9.17, 15) is 9.18 Å². The molecule has 8 heteroatoms. The normalized spacial score (nSPS) is 13.4. The van der Waals surface area contributed by atoms with Crippen LogP contribution in [0.25, 0.3) is 0 Å². The van der Waals surface area contributed by atoms with E-state index in [1.54, 1.807) is 19.1 Å².